The summed E-state index contributed by atoms with van der Waals surface area (Å²) in [7, 11) is 2.88. The molecule has 0 atom stereocenters. The van der Waals surface area contributed by atoms with Crippen molar-refractivity contribution in [1.29, 1.82) is 0 Å². The average molecular weight is 235 g/mol. The lowest BCUT2D eigenvalue weighted by molar-refractivity contribution is 0.107. The molecule has 1 aromatic carbocycles. The summed E-state index contributed by atoms with van der Waals surface area (Å²) in [5, 5.41) is -0.269. The molecule has 0 aliphatic carbocycles. The molecule has 0 aliphatic heterocycles. The van der Waals surface area contributed by atoms with Crippen LogP contribution in [0.5, 0.6) is 11.5 Å². The van der Waals surface area contributed by atoms with Crippen LogP contribution in [0, 0.1) is 0 Å². The molecule has 3 nitrogen and oxygen atoms in total. The normalized spacial score (nSPS) is 9.71. The number of methoxy groups -OCH3 is 2. The Morgan fingerprint density at radius 2 is 1.93 bits per heavy atom. The van der Waals surface area contributed by atoms with Crippen molar-refractivity contribution in [3.63, 3.8) is 0 Å². The third-order valence-corrected chi connectivity index (χ3v) is 2.08. The van der Waals surface area contributed by atoms with Crippen molar-refractivity contribution >= 4 is 28.4 Å². The predicted octanol–water partition coefficient (Wildman–Crippen LogP) is 2.74. The molecular formula is C9H8Cl2O3. The second kappa shape index (κ2) is 4.53. The van der Waals surface area contributed by atoms with Crippen LogP contribution >= 0.6 is 23.2 Å². The van der Waals surface area contributed by atoms with Gasteiger partial charge in [-0.15, -0.1) is 0 Å². The van der Waals surface area contributed by atoms with Crippen LogP contribution < -0.4 is 9.47 Å². The fraction of sp³-hybridized carbons (Fsp3) is 0.222. The van der Waals surface area contributed by atoms with E-state index < -0.39 is 5.24 Å². The van der Waals surface area contributed by atoms with Gasteiger partial charge in [-0.2, -0.15) is 0 Å². The second-order valence-electron chi connectivity index (χ2n) is 2.46. The number of rotatable bonds is 3. The van der Waals surface area contributed by atoms with Crippen molar-refractivity contribution < 1.29 is 14.3 Å². The molecule has 0 aliphatic rings. The largest absolute Gasteiger partial charge is 0.493 e. The third kappa shape index (κ3) is 2.11. The highest BCUT2D eigenvalue weighted by Gasteiger charge is 2.16. The van der Waals surface area contributed by atoms with E-state index in [1.54, 1.807) is 6.07 Å². The summed E-state index contributed by atoms with van der Waals surface area (Å²) in [5.41, 5.74) is 0.193. The van der Waals surface area contributed by atoms with Crippen molar-refractivity contribution in [2.24, 2.45) is 0 Å². The predicted molar refractivity (Wildman–Crippen MR) is 54.7 cm³/mol. The zero-order valence-electron chi connectivity index (χ0n) is 7.64. The number of carbonyl (C=O) groups is 1. The standard InChI is InChI=1S/C9H8Cl2O3/c1-13-7-4-5(10)3-6(9(11)12)8(7)14-2/h3-4H,1-2H3. The lowest BCUT2D eigenvalue weighted by Gasteiger charge is -2.10. The summed E-state index contributed by atoms with van der Waals surface area (Å²) in [5.74, 6) is 0.668. The first-order chi connectivity index (χ1) is 6.60. The Hall–Kier alpha value is -0.930. The number of halogens is 2. The molecular weight excluding hydrogens is 227 g/mol. The first-order valence-corrected chi connectivity index (χ1v) is 4.47. The third-order valence-electron chi connectivity index (χ3n) is 1.66. The summed E-state index contributed by atoms with van der Waals surface area (Å²) in [6.07, 6.45) is 0. The quantitative estimate of drug-likeness (QED) is 0.755. The zero-order valence-corrected chi connectivity index (χ0v) is 9.15. The van der Waals surface area contributed by atoms with Crippen LogP contribution in [0.1, 0.15) is 10.4 Å². The van der Waals surface area contributed by atoms with Crippen LogP contribution in [0.3, 0.4) is 0 Å². The van der Waals surface area contributed by atoms with Crippen LogP contribution in [-0.2, 0) is 0 Å². The van der Waals surface area contributed by atoms with E-state index in [1.165, 1.54) is 20.3 Å². The minimum Gasteiger partial charge on any atom is -0.493 e. The molecule has 0 aromatic heterocycles. The van der Waals surface area contributed by atoms with Gasteiger partial charge < -0.3 is 9.47 Å². The van der Waals surface area contributed by atoms with E-state index in [1.807, 2.05) is 0 Å². The van der Waals surface area contributed by atoms with E-state index in [-0.39, 0.29) is 11.3 Å². The maximum Gasteiger partial charge on any atom is 0.256 e. The highest BCUT2D eigenvalue weighted by Crippen LogP contribution is 2.35. The Labute approximate surface area is 91.5 Å². The molecule has 0 bridgehead atoms. The van der Waals surface area contributed by atoms with E-state index >= 15 is 0 Å². The molecule has 0 saturated heterocycles. The second-order valence-corrected chi connectivity index (χ2v) is 3.24. The van der Waals surface area contributed by atoms with Gasteiger partial charge in [0.05, 0.1) is 19.8 Å². The van der Waals surface area contributed by atoms with Gasteiger partial charge in [-0.1, -0.05) is 11.6 Å². The molecule has 0 spiro atoms. The lowest BCUT2D eigenvalue weighted by Crippen LogP contribution is -1.98. The van der Waals surface area contributed by atoms with Gasteiger partial charge in [0.15, 0.2) is 11.5 Å². The molecule has 1 rings (SSSR count). The molecule has 0 heterocycles. The maximum atomic E-state index is 11.0. The Balaban J connectivity index is 3.39. The van der Waals surface area contributed by atoms with Crippen LogP contribution in [-0.4, -0.2) is 19.5 Å². The van der Waals surface area contributed by atoms with E-state index in [0.29, 0.717) is 10.8 Å². The van der Waals surface area contributed by atoms with Crippen LogP contribution in [0.2, 0.25) is 5.02 Å². The highest BCUT2D eigenvalue weighted by molar-refractivity contribution is 6.68. The monoisotopic (exact) mass is 234 g/mol. The molecule has 0 amide bonds. The molecule has 0 N–H and O–H groups in total. The average Bonchev–Trinajstić information content (AvgIpc) is 2.16. The van der Waals surface area contributed by atoms with Gasteiger partial charge >= 0.3 is 0 Å². The van der Waals surface area contributed by atoms with Crippen LogP contribution in [0.25, 0.3) is 0 Å². The fourth-order valence-electron chi connectivity index (χ4n) is 1.08. The van der Waals surface area contributed by atoms with Gasteiger partial charge in [0.25, 0.3) is 5.24 Å². The van der Waals surface area contributed by atoms with Gasteiger partial charge in [0.2, 0.25) is 0 Å². The zero-order chi connectivity index (χ0) is 10.7. The smallest absolute Gasteiger partial charge is 0.256 e. The Kier molecular flexibility index (Phi) is 3.61. The summed E-state index contributed by atoms with van der Waals surface area (Å²) in [6, 6.07) is 2.97. The molecule has 1 aromatic rings. The van der Waals surface area contributed by atoms with Gasteiger partial charge in [-0.05, 0) is 17.7 Å². The summed E-state index contributed by atoms with van der Waals surface area (Å²) >= 11 is 11.1. The Morgan fingerprint density at radius 3 is 2.36 bits per heavy atom. The SMILES string of the molecule is COc1cc(Cl)cc(C(=O)Cl)c1OC. The highest BCUT2D eigenvalue weighted by atomic mass is 35.5. The molecule has 76 valence electrons. The topological polar surface area (TPSA) is 35.5 Å². The molecule has 0 fully saturated rings. The van der Waals surface area contributed by atoms with E-state index in [4.69, 9.17) is 32.7 Å². The van der Waals surface area contributed by atoms with Gasteiger partial charge in [-0.25, -0.2) is 0 Å². The van der Waals surface area contributed by atoms with Crippen molar-refractivity contribution in [2.75, 3.05) is 14.2 Å². The lowest BCUT2D eigenvalue weighted by atomic mass is 10.2. The van der Waals surface area contributed by atoms with Crippen molar-refractivity contribution in [3.05, 3.63) is 22.7 Å². The summed E-state index contributed by atoms with van der Waals surface area (Å²) in [4.78, 5) is 11.0. The summed E-state index contributed by atoms with van der Waals surface area (Å²) in [6.45, 7) is 0. The molecule has 0 radical (unpaired) electrons. The maximum absolute atomic E-state index is 11.0. The fourth-order valence-corrected chi connectivity index (χ4v) is 1.43. The van der Waals surface area contributed by atoms with Crippen molar-refractivity contribution in [1.82, 2.24) is 0 Å². The number of carbonyl (C=O) groups excluding carboxylic acids is 1. The first-order valence-electron chi connectivity index (χ1n) is 3.71. The number of hydrogen-bond donors (Lipinski definition) is 0. The first kappa shape index (κ1) is 11.1. The van der Waals surface area contributed by atoms with Crippen molar-refractivity contribution in [3.8, 4) is 11.5 Å². The van der Waals surface area contributed by atoms with E-state index in [2.05, 4.69) is 0 Å². The van der Waals surface area contributed by atoms with E-state index in [0.717, 1.165) is 0 Å². The minimum atomic E-state index is -0.636. The molecule has 5 heteroatoms. The van der Waals surface area contributed by atoms with Gasteiger partial charge in [0, 0.05) is 11.1 Å². The molecule has 14 heavy (non-hydrogen) atoms. The number of benzene rings is 1. The number of ether oxygens (including phenoxy) is 2. The van der Waals surface area contributed by atoms with Crippen LogP contribution in [0.15, 0.2) is 12.1 Å². The number of hydrogen-bond acceptors (Lipinski definition) is 3. The molecule has 0 saturated carbocycles. The summed E-state index contributed by atoms with van der Waals surface area (Å²) < 4.78 is 9.98. The van der Waals surface area contributed by atoms with Gasteiger partial charge in [-0.3, -0.25) is 4.79 Å². The van der Waals surface area contributed by atoms with Gasteiger partial charge in [0.1, 0.15) is 0 Å². The minimum absolute atomic E-state index is 0.193. The van der Waals surface area contributed by atoms with Crippen molar-refractivity contribution in [2.45, 2.75) is 0 Å². The molecule has 0 unspecified atom stereocenters. The van der Waals surface area contributed by atoms with Crippen LogP contribution in [0.4, 0.5) is 0 Å². The Morgan fingerprint density at radius 1 is 1.29 bits per heavy atom. The van der Waals surface area contributed by atoms with E-state index in [9.17, 15) is 4.79 Å². The Bertz CT molecular complexity index is 363.